The van der Waals surface area contributed by atoms with Crippen molar-refractivity contribution in [1.82, 2.24) is 14.1 Å². The van der Waals surface area contributed by atoms with Crippen LogP contribution in [0.1, 0.15) is 5.56 Å². The maximum Gasteiger partial charge on any atom is 0.332 e. The normalized spacial score (nSPS) is 13.3. The maximum atomic E-state index is 13.4. The second-order valence-electron chi connectivity index (χ2n) is 7.93. The molecule has 1 N–H and O–H groups in total. The fourth-order valence-corrected chi connectivity index (χ4v) is 4.08. The zero-order valence-corrected chi connectivity index (χ0v) is 18.2. The van der Waals surface area contributed by atoms with Crippen molar-refractivity contribution in [2.24, 2.45) is 0 Å². The van der Waals surface area contributed by atoms with E-state index >= 15 is 0 Å². The standard InChI is InChI=1S/C24H18N4O7/c29-21(26-15-4-6-18-20(9-15)35-13-33-18)11-27-16-2-1-7-25-22(16)23(30)28(24(27)31)10-14-3-5-17-19(8-14)34-12-32-17/h1-9H,10-13H2,(H,26,29). The van der Waals surface area contributed by atoms with Crippen LogP contribution in [-0.4, -0.2) is 33.6 Å². The molecule has 2 aromatic heterocycles. The number of pyridine rings is 1. The summed E-state index contributed by atoms with van der Waals surface area (Å²) in [6.07, 6.45) is 1.47. The lowest BCUT2D eigenvalue weighted by atomic mass is 10.2. The monoisotopic (exact) mass is 474 g/mol. The second kappa shape index (κ2) is 8.20. The minimum absolute atomic E-state index is 0.0232. The Kier molecular flexibility index (Phi) is 4.87. The summed E-state index contributed by atoms with van der Waals surface area (Å²) in [5.74, 6) is 1.79. The van der Waals surface area contributed by atoms with Gasteiger partial charge in [0.2, 0.25) is 19.5 Å². The lowest BCUT2D eigenvalue weighted by Gasteiger charge is -2.14. The molecule has 1 amide bonds. The van der Waals surface area contributed by atoms with Gasteiger partial charge < -0.3 is 24.3 Å². The molecule has 0 spiro atoms. The number of anilines is 1. The molecular formula is C24H18N4O7. The fourth-order valence-electron chi connectivity index (χ4n) is 4.08. The van der Waals surface area contributed by atoms with Crippen LogP contribution in [0.5, 0.6) is 23.0 Å². The van der Waals surface area contributed by atoms with E-state index in [1.165, 1.54) is 10.8 Å². The van der Waals surface area contributed by atoms with E-state index in [9.17, 15) is 14.4 Å². The van der Waals surface area contributed by atoms with Gasteiger partial charge in [0.15, 0.2) is 28.5 Å². The van der Waals surface area contributed by atoms with Gasteiger partial charge in [0.25, 0.3) is 5.56 Å². The molecule has 0 saturated carbocycles. The van der Waals surface area contributed by atoms with E-state index in [2.05, 4.69) is 10.3 Å². The van der Waals surface area contributed by atoms with Crippen molar-refractivity contribution < 1.29 is 23.7 Å². The summed E-state index contributed by atoms with van der Waals surface area (Å²) in [5, 5.41) is 2.75. The van der Waals surface area contributed by atoms with Gasteiger partial charge in [-0.2, -0.15) is 0 Å². The highest BCUT2D eigenvalue weighted by molar-refractivity contribution is 5.91. The van der Waals surface area contributed by atoms with Gasteiger partial charge in [-0.25, -0.2) is 9.78 Å². The topological polar surface area (TPSA) is 123 Å². The molecule has 2 aliphatic rings. The second-order valence-corrected chi connectivity index (χ2v) is 7.93. The first-order chi connectivity index (χ1) is 17.1. The Balaban J connectivity index is 1.35. The van der Waals surface area contributed by atoms with Gasteiger partial charge in [-0.15, -0.1) is 0 Å². The summed E-state index contributed by atoms with van der Waals surface area (Å²) in [5.41, 5.74) is 0.335. The Hall–Kier alpha value is -4.80. The number of aromatic nitrogens is 3. The predicted octanol–water partition coefficient (Wildman–Crippen LogP) is 1.70. The van der Waals surface area contributed by atoms with Crippen LogP contribution < -0.4 is 35.5 Å². The molecule has 0 fully saturated rings. The highest BCUT2D eigenvalue weighted by Gasteiger charge is 2.19. The average molecular weight is 474 g/mol. The Morgan fingerprint density at radius 1 is 0.886 bits per heavy atom. The number of hydrogen-bond acceptors (Lipinski definition) is 8. The van der Waals surface area contributed by atoms with Gasteiger partial charge >= 0.3 is 5.69 Å². The molecule has 2 aromatic carbocycles. The van der Waals surface area contributed by atoms with E-state index < -0.39 is 17.2 Å². The molecule has 2 aliphatic heterocycles. The molecule has 176 valence electrons. The van der Waals surface area contributed by atoms with Crippen molar-refractivity contribution in [2.45, 2.75) is 13.1 Å². The van der Waals surface area contributed by atoms with E-state index in [0.29, 0.717) is 34.2 Å². The van der Waals surface area contributed by atoms with Gasteiger partial charge in [0.1, 0.15) is 6.54 Å². The highest BCUT2D eigenvalue weighted by Crippen LogP contribution is 2.34. The molecule has 6 rings (SSSR count). The molecule has 0 bridgehead atoms. The summed E-state index contributed by atoms with van der Waals surface area (Å²) < 4.78 is 23.6. The van der Waals surface area contributed by atoms with Crippen molar-refractivity contribution >= 4 is 22.6 Å². The smallest absolute Gasteiger partial charge is 0.332 e. The first-order valence-electron chi connectivity index (χ1n) is 10.7. The number of carbonyl (C=O) groups excluding carboxylic acids is 1. The van der Waals surface area contributed by atoms with Crippen molar-refractivity contribution in [3.8, 4) is 23.0 Å². The number of fused-ring (bicyclic) bond motifs is 3. The molecule has 0 radical (unpaired) electrons. The van der Waals surface area contributed by atoms with Gasteiger partial charge in [0, 0.05) is 18.0 Å². The maximum absolute atomic E-state index is 13.4. The van der Waals surface area contributed by atoms with Crippen LogP contribution in [0, 0.1) is 0 Å². The number of amides is 1. The summed E-state index contributed by atoms with van der Waals surface area (Å²) in [4.78, 5) is 43.6. The molecule has 11 nitrogen and oxygen atoms in total. The van der Waals surface area contributed by atoms with Crippen molar-refractivity contribution in [3.63, 3.8) is 0 Å². The minimum atomic E-state index is -0.631. The largest absolute Gasteiger partial charge is 0.454 e. The summed E-state index contributed by atoms with van der Waals surface area (Å²) in [6, 6.07) is 13.4. The third-order valence-corrected chi connectivity index (χ3v) is 5.72. The molecule has 0 unspecified atom stereocenters. The van der Waals surface area contributed by atoms with E-state index in [0.717, 1.165) is 4.57 Å². The quantitative estimate of drug-likeness (QED) is 0.464. The fraction of sp³-hybridized carbons (Fsp3) is 0.167. The van der Waals surface area contributed by atoms with Gasteiger partial charge in [-0.1, -0.05) is 6.07 Å². The molecule has 0 aliphatic carbocycles. The van der Waals surface area contributed by atoms with Crippen LogP contribution in [0.3, 0.4) is 0 Å². The number of ether oxygens (including phenoxy) is 4. The Labute approximate surface area is 197 Å². The Morgan fingerprint density at radius 3 is 2.40 bits per heavy atom. The summed E-state index contributed by atoms with van der Waals surface area (Å²) in [6.45, 7) is -0.114. The molecule has 0 saturated heterocycles. The zero-order chi connectivity index (χ0) is 23.9. The van der Waals surface area contributed by atoms with E-state index in [1.807, 2.05) is 0 Å². The van der Waals surface area contributed by atoms with Crippen LogP contribution in [0.15, 0.2) is 64.3 Å². The highest BCUT2D eigenvalue weighted by atomic mass is 16.7. The van der Waals surface area contributed by atoms with Gasteiger partial charge in [-0.05, 0) is 42.0 Å². The number of benzene rings is 2. The van der Waals surface area contributed by atoms with Crippen LogP contribution in [0.4, 0.5) is 5.69 Å². The van der Waals surface area contributed by atoms with Crippen LogP contribution in [-0.2, 0) is 17.9 Å². The minimum Gasteiger partial charge on any atom is -0.454 e. The van der Waals surface area contributed by atoms with E-state index in [-0.39, 0.29) is 37.7 Å². The van der Waals surface area contributed by atoms with Crippen molar-refractivity contribution in [2.75, 3.05) is 18.9 Å². The average Bonchev–Trinajstić information content (AvgIpc) is 3.53. The number of nitrogens with zero attached hydrogens (tertiary/aromatic N) is 3. The lowest BCUT2D eigenvalue weighted by Crippen LogP contribution is -2.42. The first kappa shape index (κ1) is 20.8. The number of hydrogen-bond donors (Lipinski definition) is 1. The molecule has 4 aromatic rings. The van der Waals surface area contributed by atoms with Crippen molar-refractivity contribution in [1.29, 1.82) is 0 Å². The Morgan fingerprint density at radius 2 is 1.60 bits per heavy atom. The molecule has 35 heavy (non-hydrogen) atoms. The van der Waals surface area contributed by atoms with Crippen LogP contribution in [0.2, 0.25) is 0 Å². The first-order valence-corrected chi connectivity index (χ1v) is 10.7. The summed E-state index contributed by atoms with van der Waals surface area (Å²) in [7, 11) is 0. The number of nitrogens with one attached hydrogen (secondary N) is 1. The van der Waals surface area contributed by atoms with E-state index in [4.69, 9.17) is 18.9 Å². The third-order valence-electron chi connectivity index (χ3n) is 5.72. The Bertz CT molecular complexity index is 1610. The van der Waals surface area contributed by atoms with Crippen molar-refractivity contribution in [3.05, 3.63) is 81.1 Å². The molecule has 0 atom stereocenters. The third kappa shape index (κ3) is 3.72. The SMILES string of the molecule is O=C(Cn1c(=O)n(Cc2ccc3c(c2)OCO3)c(=O)c2ncccc21)Nc1ccc2c(c1)OCO2. The predicted molar refractivity (Wildman–Crippen MR) is 123 cm³/mol. The number of rotatable bonds is 5. The van der Waals surface area contributed by atoms with Crippen LogP contribution in [0.25, 0.3) is 11.0 Å². The van der Waals surface area contributed by atoms with Crippen LogP contribution >= 0.6 is 0 Å². The lowest BCUT2D eigenvalue weighted by molar-refractivity contribution is -0.116. The number of carbonyl (C=O) groups is 1. The van der Waals surface area contributed by atoms with E-state index in [1.54, 1.807) is 48.5 Å². The zero-order valence-electron chi connectivity index (χ0n) is 18.2. The van der Waals surface area contributed by atoms with Gasteiger partial charge in [-0.3, -0.25) is 18.7 Å². The molecule has 11 heteroatoms. The van der Waals surface area contributed by atoms with Gasteiger partial charge in [0.05, 0.1) is 12.1 Å². The summed E-state index contributed by atoms with van der Waals surface area (Å²) >= 11 is 0. The molecular weight excluding hydrogens is 456 g/mol. The molecule has 4 heterocycles.